The lowest BCUT2D eigenvalue weighted by Crippen LogP contribution is -2.49. The molecule has 118 valence electrons. The van der Waals surface area contributed by atoms with Gasteiger partial charge in [0, 0.05) is 6.54 Å². The molecule has 0 aromatic heterocycles. The minimum Gasteiger partial charge on any atom is -0.388 e. The smallest absolute Gasteiger partial charge is 0.230 e. The van der Waals surface area contributed by atoms with Gasteiger partial charge in [0.25, 0.3) is 0 Å². The Hall–Kier alpha value is -1.42. The fourth-order valence-corrected chi connectivity index (χ4v) is 2.10. The first kappa shape index (κ1) is 17.6. The Morgan fingerprint density at radius 2 is 2.00 bits per heavy atom. The Kier molecular flexibility index (Phi) is 5.51. The molecule has 2 N–H and O–H groups in total. The van der Waals surface area contributed by atoms with Gasteiger partial charge in [-0.1, -0.05) is 32.4 Å². The van der Waals surface area contributed by atoms with Crippen LogP contribution >= 0.6 is 0 Å². The highest BCUT2D eigenvalue weighted by atomic mass is 19.1. The van der Waals surface area contributed by atoms with Gasteiger partial charge in [-0.15, -0.1) is 0 Å². The number of carbonyl (C=O) groups is 1. The molecule has 0 heterocycles. The highest BCUT2D eigenvalue weighted by molar-refractivity contribution is 5.87. The second-order valence-corrected chi connectivity index (χ2v) is 6.48. The van der Waals surface area contributed by atoms with Crippen LogP contribution in [0.3, 0.4) is 0 Å². The second-order valence-electron chi connectivity index (χ2n) is 6.48. The van der Waals surface area contributed by atoms with Gasteiger partial charge in [0.15, 0.2) is 0 Å². The Morgan fingerprint density at radius 3 is 2.52 bits per heavy atom. The third-order valence-electron chi connectivity index (χ3n) is 4.39. The van der Waals surface area contributed by atoms with E-state index in [1.807, 2.05) is 13.8 Å². The molecular formula is C17H26FNO2. The fraction of sp³-hybridized carbons (Fsp3) is 0.588. The molecule has 0 aliphatic heterocycles. The maximum absolute atomic E-state index is 13.3. The van der Waals surface area contributed by atoms with E-state index >= 15 is 0 Å². The van der Waals surface area contributed by atoms with Crippen LogP contribution in [0.1, 0.15) is 46.6 Å². The molecule has 2 unspecified atom stereocenters. The number of benzene rings is 1. The van der Waals surface area contributed by atoms with Gasteiger partial charge >= 0.3 is 0 Å². The van der Waals surface area contributed by atoms with Crippen LogP contribution in [0.25, 0.3) is 0 Å². The van der Waals surface area contributed by atoms with Crippen molar-refractivity contribution in [2.75, 3.05) is 6.54 Å². The van der Waals surface area contributed by atoms with Gasteiger partial charge in [0.05, 0.1) is 11.0 Å². The van der Waals surface area contributed by atoms with Crippen molar-refractivity contribution in [2.24, 2.45) is 5.92 Å². The summed E-state index contributed by atoms with van der Waals surface area (Å²) in [4.78, 5) is 12.4. The molecule has 3 nitrogen and oxygen atoms in total. The Morgan fingerprint density at radius 1 is 1.38 bits per heavy atom. The number of rotatable bonds is 6. The molecule has 1 amide bonds. The number of nitrogens with one attached hydrogen (secondary N) is 1. The lowest BCUT2D eigenvalue weighted by atomic mass is 9.83. The quantitative estimate of drug-likeness (QED) is 0.847. The molecule has 0 radical (unpaired) electrons. The van der Waals surface area contributed by atoms with E-state index in [-0.39, 0.29) is 24.2 Å². The molecule has 1 rings (SSSR count). The van der Waals surface area contributed by atoms with Gasteiger partial charge in [-0.2, -0.15) is 0 Å². The molecule has 0 aliphatic carbocycles. The number of amides is 1. The van der Waals surface area contributed by atoms with Gasteiger partial charge in [-0.25, -0.2) is 4.39 Å². The molecule has 0 bridgehead atoms. The van der Waals surface area contributed by atoms with Crippen LogP contribution in [-0.2, 0) is 10.2 Å². The highest BCUT2D eigenvalue weighted by Gasteiger charge is 2.33. The van der Waals surface area contributed by atoms with Crippen LogP contribution in [0.5, 0.6) is 0 Å². The number of hydrogen-bond acceptors (Lipinski definition) is 2. The van der Waals surface area contributed by atoms with E-state index in [0.29, 0.717) is 5.56 Å². The molecule has 0 spiro atoms. The fourth-order valence-electron chi connectivity index (χ4n) is 2.10. The van der Waals surface area contributed by atoms with Crippen molar-refractivity contribution < 1.29 is 14.3 Å². The van der Waals surface area contributed by atoms with Crippen LogP contribution in [0.2, 0.25) is 0 Å². The van der Waals surface area contributed by atoms with E-state index < -0.39 is 11.0 Å². The number of hydrogen-bond donors (Lipinski definition) is 2. The van der Waals surface area contributed by atoms with Crippen molar-refractivity contribution >= 4 is 5.91 Å². The summed E-state index contributed by atoms with van der Waals surface area (Å²) in [5.41, 5.74) is -1.20. The molecule has 21 heavy (non-hydrogen) atoms. The number of aliphatic hydroxyl groups is 1. The second kappa shape index (κ2) is 6.56. The summed E-state index contributed by atoms with van der Waals surface area (Å²) in [7, 11) is 0. The zero-order chi connectivity index (χ0) is 16.3. The lowest BCUT2D eigenvalue weighted by molar-refractivity contribution is -0.127. The molecule has 4 heteroatoms. The van der Waals surface area contributed by atoms with Crippen LogP contribution in [0, 0.1) is 11.7 Å². The minimum absolute atomic E-state index is 0.0788. The largest absolute Gasteiger partial charge is 0.388 e. The van der Waals surface area contributed by atoms with E-state index in [0.717, 1.165) is 6.42 Å². The van der Waals surface area contributed by atoms with Gasteiger partial charge in [-0.05, 0) is 44.4 Å². The third-order valence-corrected chi connectivity index (χ3v) is 4.39. The highest BCUT2D eigenvalue weighted by Crippen LogP contribution is 2.25. The summed E-state index contributed by atoms with van der Waals surface area (Å²) >= 11 is 0. The minimum atomic E-state index is -0.956. The predicted octanol–water partition coefficient (Wildman–Crippen LogP) is 3.02. The zero-order valence-electron chi connectivity index (χ0n) is 13.5. The first-order valence-corrected chi connectivity index (χ1v) is 7.38. The normalized spacial score (nSPS) is 16.1. The monoisotopic (exact) mass is 295 g/mol. The zero-order valence-corrected chi connectivity index (χ0v) is 13.5. The van der Waals surface area contributed by atoms with Crippen LogP contribution in [-0.4, -0.2) is 23.2 Å². The van der Waals surface area contributed by atoms with E-state index in [1.165, 1.54) is 12.1 Å². The van der Waals surface area contributed by atoms with Gasteiger partial charge in [0.2, 0.25) is 5.91 Å². The average Bonchev–Trinajstić information content (AvgIpc) is 2.43. The SMILES string of the molecule is CCC(C)C(C)(O)CNC(=O)C(C)(C)c1cccc(F)c1. The average molecular weight is 295 g/mol. The molecule has 0 aliphatic rings. The maximum Gasteiger partial charge on any atom is 0.230 e. The van der Waals surface area contributed by atoms with E-state index in [4.69, 9.17) is 0 Å². The molecule has 1 aromatic carbocycles. The summed E-state index contributed by atoms with van der Waals surface area (Å²) in [6.07, 6.45) is 0.830. The van der Waals surface area contributed by atoms with Crippen molar-refractivity contribution in [1.82, 2.24) is 5.32 Å². The van der Waals surface area contributed by atoms with Crippen LogP contribution in [0.15, 0.2) is 24.3 Å². The predicted molar refractivity (Wildman–Crippen MR) is 82.5 cm³/mol. The van der Waals surface area contributed by atoms with E-state index in [1.54, 1.807) is 32.9 Å². The summed E-state index contributed by atoms with van der Waals surface area (Å²) in [6.45, 7) is 9.34. The van der Waals surface area contributed by atoms with Crippen LogP contribution in [0.4, 0.5) is 4.39 Å². The Labute approximate surface area is 126 Å². The summed E-state index contributed by atoms with van der Waals surface area (Å²) in [5, 5.41) is 13.1. The van der Waals surface area contributed by atoms with Crippen molar-refractivity contribution in [3.05, 3.63) is 35.6 Å². The standard InChI is InChI=1S/C17H26FNO2/c1-6-12(2)17(5,21)11-19-15(20)16(3,4)13-8-7-9-14(18)10-13/h7-10,12,21H,6,11H2,1-5H3,(H,19,20). The lowest BCUT2D eigenvalue weighted by Gasteiger charge is -2.32. The molecule has 0 fully saturated rings. The van der Waals surface area contributed by atoms with E-state index in [2.05, 4.69) is 5.32 Å². The van der Waals surface area contributed by atoms with E-state index in [9.17, 15) is 14.3 Å². The van der Waals surface area contributed by atoms with Crippen molar-refractivity contribution in [1.29, 1.82) is 0 Å². The Bertz CT molecular complexity index is 497. The van der Waals surface area contributed by atoms with Crippen molar-refractivity contribution in [3.63, 3.8) is 0 Å². The molecule has 0 saturated heterocycles. The summed E-state index contributed by atoms with van der Waals surface area (Å²) in [5.74, 6) is -0.508. The van der Waals surface area contributed by atoms with Gasteiger partial charge in [0.1, 0.15) is 5.82 Å². The van der Waals surface area contributed by atoms with Gasteiger partial charge < -0.3 is 10.4 Å². The van der Waals surface area contributed by atoms with Crippen molar-refractivity contribution in [2.45, 2.75) is 52.1 Å². The number of carbonyl (C=O) groups excluding carboxylic acids is 1. The molecular weight excluding hydrogens is 269 g/mol. The first-order chi connectivity index (χ1) is 9.61. The molecule has 2 atom stereocenters. The summed E-state index contributed by atoms with van der Waals surface area (Å²) in [6, 6.07) is 6.04. The topological polar surface area (TPSA) is 49.3 Å². The van der Waals surface area contributed by atoms with Crippen molar-refractivity contribution in [3.8, 4) is 0 Å². The third kappa shape index (κ3) is 4.27. The number of halogens is 1. The summed E-state index contributed by atoms with van der Waals surface area (Å²) < 4.78 is 13.3. The molecule has 0 saturated carbocycles. The van der Waals surface area contributed by atoms with Crippen LogP contribution < -0.4 is 5.32 Å². The molecule has 1 aromatic rings. The first-order valence-electron chi connectivity index (χ1n) is 7.38. The Balaban J connectivity index is 2.79. The maximum atomic E-state index is 13.3. The van der Waals surface area contributed by atoms with Gasteiger partial charge in [-0.3, -0.25) is 4.79 Å².